The molecule has 1 N–H and O–H groups in total. The van der Waals surface area contributed by atoms with Crippen LogP contribution in [-0.4, -0.2) is 37.2 Å². The van der Waals surface area contributed by atoms with Crippen molar-refractivity contribution in [3.63, 3.8) is 0 Å². The summed E-state index contributed by atoms with van der Waals surface area (Å²) in [6, 6.07) is 5.38. The fourth-order valence-electron chi connectivity index (χ4n) is 2.47. The maximum Gasteiger partial charge on any atom is 0.416 e. The van der Waals surface area contributed by atoms with Gasteiger partial charge in [-0.15, -0.1) is 0 Å². The first-order valence-electron chi connectivity index (χ1n) is 7.16. The third kappa shape index (κ3) is 4.45. The van der Waals surface area contributed by atoms with Crippen molar-refractivity contribution >= 4 is 5.91 Å². The third-order valence-corrected chi connectivity index (χ3v) is 3.58. The van der Waals surface area contributed by atoms with Crippen LogP contribution in [0.15, 0.2) is 24.3 Å². The number of carbonyl (C=O) groups excluding carboxylic acids is 1. The highest BCUT2D eigenvalue weighted by Gasteiger charge is 2.34. The quantitative estimate of drug-likeness (QED) is 0.928. The number of ether oxygens (including phenoxy) is 1. The molecule has 1 amide bonds. The number of benzene rings is 1. The molecule has 0 unspecified atom stereocenters. The maximum atomic E-state index is 13.0. The van der Waals surface area contributed by atoms with Crippen molar-refractivity contribution in [3.8, 4) is 0 Å². The molecule has 0 radical (unpaired) electrons. The van der Waals surface area contributed by atoms with E-state index in [2.05, 4.69) is 5.43 Å². The second kappa shape index (κ2) is 7.11. The first-order chi connectivity index (χ1) is 10.4. The van der Waals surface area contributed by atoms with Crippen molar-refractivity contribution in [2.75, 3.05) is 26.3 Å². The number of morpholine rings is 1. The van der Waals surface area contributed by atoms with Gasteiger partial charge in [0.05, 0.1) is 18.8 Å². The molecular formula is C15H19F3N2O2. The highest BCUT2D eigenvalue weighted by Crippen LogP contribution is 2.35. The van der Waals surface area contributed by atoms with Gasteiger partial charge < -0.3 is 4.74 Å². The van der Waals surface area contributed by atoms with Crippen LogP contribution in [0, 0.1) is 0 Å². The number of rotatable bonds is 4. The summed E-state index contributed by atoms with van der Waals surface area (Å²) in [7, 11) is 0. The number of alkyl halides is 3. The molecule has 1 fully saturated rings. The molecule has 1 aromatic carbocycles. The van der Waals surface area contributed by atoms with Gasteiger partial charge in [-0.2, -0.15) is 13.2 Å². The Hall–Kier alpha value is -1.60. The van der Waals surface area contributed by atoms with Crippen LogP contribution in [-0.2, 0) is 15.7 Å². The predicted molar refractivity (Wildman–Crippen MR) is 75.0 cm³/mol. The molecule has 1 aliphatic rings. The first kappa shape index (κ1) is 16.8. The van der Waals surface area contributed by atoms with Gasteiger partial charge in [0, 0.05) is 19.5 Å². The van der Waals surface area contributed by atoms with Crippen LogP contribution in [0.1, 0.15) is 30.4 Å². The zero-order valence-corrected chi connectivity index (χ0v) is 12.3. The monoisotopic (exact) mass is 316 g/mol. The van der Waals surface area contributed by atoms with Gasteiger partial charge in [-0.05, 0) is 17.5 Å². The van der Waals surface area contributed by atoms with E-state index in [9.17, 15) is 18.0 Å². The van der Waals surface area contributed by atoms with Gasteiger partial charge in [0.25, 0.3) is 0 Å². The van der Waals surface area contributed by atoms with E-state index in [1.165, 1.54) is 12.1 Å². The summed E-state index contributed by atoms with van der Waals surface area (Å²) in [5, 5.41) is 1.73. The van der Waals surface area contributed by atoms with Crippen molar-refractivity contribution in [1.29, 1.82) is 0 Å². The highest BCUT2D eigenvalue weighted by molar-refractivity contribution is 5.76. The van der Waals surface area contributed by atoms with E-state index in [0.29, 0.717) is 26.3 Å². The smallest absolute Gasteiger partial charge is 0.379 e. The summed E-state index contributed by atoms with van der Waals surface area (Å²) in [6.45, 7) is 3.86. The molecule has 22 heavy (non-hydrogen) atoms. The molecule has 0 aromatic heterocycles. The van der Waals surface area contributed by atoms with E-state index >= 15 is 0 Å². The third-order valence-electron chi connectivity index (χ3n) is 3.58. The fourth-order valence-corrected chi connectivity index (χ4v) is 2.47. The predicted octanol–water partition coefficient (Wildman–Crippen LogP) is 2.56. The number of halogens is 3. The summed E-state index contributed by atoms with van der Waals surface area (Å²) in [5.41, 5.74) is 2.18. The van der Waals surface area contributed by atoms with Crippen LogP contribution in [0.4, 0.5) is 13.2 Å². The Morgan fingerprint density at radius 2 is 1.95 bits per heavy atom. The van der Waals surface area contributed by atoms with Crippen LogP contribution >= 0.6 is 0 Å². The summed E-state index contributed by atoms with van der Waals surface area (Å²) < 4.78 is 44.2. The zero-order valence-electron chi connectivity index (χ0n) is 12.3. The van der Waals surface area contributed by atoms with Crippen molar-refractivity contribution in [2.45, 2.75) is 25.4 Å². The molecule has 1 aliphatic heterocycles. The zero-order chi connectivity index (χ0) is 16.2. The van der Waals surface area contributed by atoms with E-state index < -0.39 is 17.7 Å². The number of hydrazine groups is 1. The molecule has 0 bridgehead atoms. The number of nitrogens with zero attached hydrogens (tertiary/aromatic N) is 1. The molecule has 1 saturated heterocycles. The molecule has 0 saturated carbocycles. The molecule has 1 aromatic rings. The molecule has 7 heteroatoms. The normalized spacial score (nSPS) is 18.0. The highest BCUT2D eigenvalue weighted by atomic mass is 19.4. The van der Waals surface area contributed by atoms with Crippen molar-refractivity contribution in [2.24, 2.45) is 0 Å². The van der Waals surface area contributed by atoms with Crippen molar-refractivity contribution in [1.82, 2.24) is 10.4 Å². The number of hydrogen-bond acceptors (Lipinski definition) is 3. The lowest BCUT2D eigenvalue weighted by molar-refractivity contribution is -0.139. The Bertz CT molecular complexity index is 514. The minimum absolute atomic E-state index is 0.00442. The van der Waals surface area contributed by atoms with Gasteiger partial charge in [-0.25, -0.2) is 5.01 Å². The number of nitrogens with one attached hydrogen (secondary N) is 1. The van der Waals surface area contributed by atoms with E-state index in [1.54, 1.807) is 18.0 Å². The SMILES string of the molecule is C[C@H](CC(=O)NN1CCOCC1)c1ccccc1C(F)(F)F. The Balaban J connectivity index is 1.99. The Morgan fingerprint density at radius 3 is 2.59 bits per heavy atom. The maximum absolute atomic E-state index is 13.0. The van der Waals surface area contributed by atoms with Crippen LogP contribution in [0.5, 0.6) is 0 Å². The largest absolute Gasteiger partial charge is 0.416 e. The van der Waals surface area contributed by atoms with E-state index in [-0.39, 0.29) is 17.9 Å². The van der Waals surface area contributed by atoms with Gasteiger partial charge in [-0.1, -0.05) is 25.1 Å². The van der Waals surface area contributed by atoms with Gasteiger partial charge in [0.15, 0.2) is 0 Å². The van der Waals surface area contributed by atoms with Gasteiger partial charge in [-0.3, -0.25) is 10.2 Å². The van der Waals surface area contributed by atoms with E-state index in [1.807, 2.05) is 0 Å². The van der Waals surface area contributed by atoms with Crippen molar-refractivity contribution < 1.29 is 22.7 Å². The fraction of sp³-hybridized carbons (Fsp3) is 0.533. The average molecular weight is 316 g/mol. The Kier molecular flexibility index (Phi) is 5.42. The molecule has 4 nitrogen and oxygen atoms in total. The topological polar surface area (TPSA) is 41.6 Å². The molecule has 1 heterocycles. The number of amides is 1. The lowest BCUT2D eigenvalue weighted by Crippen LogP contribution is -2.48. The molecule has 2 rings (SSSR count). The van der Waals surface area contributed by atoms with Gasteiger partial charge in [0.2, 0.25) is 5.91 Å². The van der Waals surface area contributed by atoms with Crippen molar-refractivity contribution in [3.05, 3.63) is 35.4 Å². The first-order valence-corrected chi connectivity index (χ1v) is 7.16. The molecular weight excluding hydrogens is 297 g/mol. The molecule has 1 atom stereocenters. The minimum Gasteiger partial charge on any atom is -0.379 e. The molecule has 0 spiro atoms. The van der Waals surface area contributed by atoms with Gasteiger partial charge >= 0.3 is 6.18 Å². The second-order valence-corrected chi connectivity index (χ2v) is 5.32. The second-order valence-electron chi connectivity index (χ2n) is 5.32. The summed E-state index contributed by atoms with van der Waals surface area (Å²) in [6.07, 6.45) is -4.41. The molecule has 0 aliphatic carbocycles. The number of carbonyl (C=O) groups is 1. The van der Waals surface area contributed by atoms with E-state index in [0.717, 1.165) is 6.07 Å². The lowest BCUT2D eigenvalue weighted by atomic mass is 9.92. The van der Waals surface area contributed by atoms with Gasteiger partial charge in [0.1, 0.15) is 0 Å². The van der Waals surface area contributed by atoms with E-state index in [4.69, 9.17) is 4.74 Å². The lowest BCUT2D eigenvalue weighted by Gasteiger charge is -2.27. The van der Waals surface area contributed by atoms with Crippen LogP contribution in [0.2, 0.25) is 0 Å². The summed E-state index contributed by atoms with van der Waals surface area (Å²) in [5.74, 6) is -0.801. The average Bonchev–Trinajstić information content (AvgIpc) is 2.47. The Morgan fingerprint density at radius 1 is 1.32 bits per heavy atom. The standard InChI is InChI=1S/C15H19F3N2O2/c1-11(10-14(21)19-20-6-8-22-9-7-20)12-4-2-3-5-13(12)15(16,17)18/h2-5,11H,6-10H2,1H3,(H,19,21)/t11-/m1/s1. The molecule has 122 valence electrons. The van der Waals surface area contributed by atoms with Crippen LogP contribution in [0.3, 0.4) is 0 Å². The number of hydrogen-bond donors (Lipinski definition) is 1. The van der Waals surface area contributed by atoms with Crippen LogP contribution in [0.25, 0.3) is 0 Å². The minimum atomic E-state index is -4.41. The van der Waals surface area contributed by atoms with Crippen LogP contribution < -0.4 is 5.43 Å². The Labute approximate surface area is 127 Å². The summed E-state index contributed by atoms with van der Waals surface area (Å²) in [4.78, 5) is 12.0. The summed E-state index contributed by atoms with van der Waals surface area (Å²) >= 11 is 0.